The third kappa shape index (κ3) is 2.80. The average molecular weight is 227 g/mol. The molecule has 92 valence electrons. The molecule has 0 spiro atoms. The van der Waals surface area contributed by atoms with Gasteiger partial charge in [0.1, 0.15) is 6.10 Å². The predicted octanol–water partition coefficient (Wildman–Crippen LogP) is 1.79. The minimum absolute atomic E-state index is 0.0870. The Bertz CT molecular complexity index is 323. The molecule has 0 amide bonds. The second-order valence-electron chi connectivity index (χ2n) is 4.40. The normalized spacial score (nSPS) is 14.1. The van der Waals surface area contributed by atoms with Crippen molar-refractivity contribution in [3.63, 3.8) is 0 Å². The predicted molar refractivity (Wildman–Crippen MR) is 61.0 cm³/mol. The summed E-state index contributed by atoms with van der Waals surface area (Å²) in [6.07, 6.45) is 0.742. The van der Waals surface area contributed by atoms with Crippen molar-refractivity contribution < 1.29 is 9.26 Å². The van der Waals surface area contributed by atoms with E-state index in [1.807, 2.05) is 27.7 Å². The van der Waals surface area contributed by atoms with Crippen LogP contribution in [0.2, 0.25) is 0 Å². The van der Waals surface area contributed by atoms with Gasteiger partial charge in [-0.05, 0) is 27.2 Å². The number of rotatable bonds is 6. The first-order chi connectivity index (χ1) is 7.55. The third-order valence-electron chi connectivity index (χ3n) is 2.56. The molecular weight excluding hydrogens is 206 g/mol. The van der Waals surface area contributed by atoms with Crippen LogP contribution < -0.4 is 5.73 Å². The van der Waals surface area contributed by atoms with Crippen molar-refractivity contribution in [2.24, 2.45) is 5.73 Å². The van der Waals surface area contributed by atoms with Crippen molar-refractivity contribution in [1.29, 1.82) is 0 Å². The maximum atomic E-state index is 5.66. The minimum atomic E-state index is -0.282. The van der Waals surface area contributed by atoms with Crippen LogP contribution in [0.4, 0.5) is 0 Å². The lowest BCUT2D eigenvalue weighted by Gasteiger charge is -2.16. The first-order valence-corrected chi connectivity index (χ1v) is 5.70. The zero-order chi connectivity index (χ0) is 12.2. The largest absolute Gasteiger partial charge is 0.370 e. The summed E-state index contributed by atoms with van der Waals surface area (Å²) in [5, 5.41) is 3.95. The van der Waals surface area contributed by atoms with Crippen LogP contribution in [0.3, 0.4) is 0 Å². The molecule has 5 heteroatoms. The summed E-state index contributed by atoms with van der Waals surface area (Å²) in [6, 6.07) is 0. The molecule has 0 aliphatic carbocycles. The highest BCUT2D eigenvalue weighted by atomic mass is 16.5. The van der Waals surface area contributed by atoms with E-state index in [-0.39, 0.29) is 11.5 Å². The fourth-order valence-corrected chi connectivity index (χ4v) is 1.30. The molecule has 0 fully saturated rings. The summed E-state index contributed by atoms with van der Waals surface area (Å²) in [5.41, 5.74) is 5.37. The van der Waals surface area contributed by atoms with E-state index in [9.17, 15) is 0 Å². The Balaban J connectivity index is 2.85. The van der Waals surface area contributed by atoms with Gasteiger partial charge in [-0.3, -0.25) is 0 Å². The van der Waals surface area contributed by atoms with Gasteiger partial charge >= 0.3 is 0 Å². The lowest BCUT2D eigenvalue weighted by Crippen LogP contribution is -2.28. The zero-order valence-electron chi connectivity index (χ0n) is 10.5. The Kier molecular flexibility index (Phi) is 4.44. The van der Waals surface area contributed by atoms with Gasteiger partial charge in [0.2, 0.25) is 11.7 Å². The highest BCUT2D eigenvalue weighted by molar-refractivity contribution is 5.02. The van der Waals surface area contributed by atoms with Crippen molar-refractivity contribution in [3.8, 4) is 0 Å². The monoisotopic (exact) mass is 227 g/mol. The number of ether oxygens (including phenoxy) is 1. The van der Waals surface area contributed by atoms with Crippen LogP contribution in [0.1, 0.15) is 51.9 Å². The Labute approximate surface area is 96.4 Å². The number of nitrogens with zero attached hydrogens (tertiary/aromatic N) is 2. The van der Waals surface area contributed by atoms with E-state index in [1.165, 1.54) is 0 Å². The Hall–Kier alpha value is -0.940. The third-order valence-corrected chi connectivity index (χ3v) is 2.56. The van der Waals surface area contributed by atoms with Gasteiger partial charge in [-0.1, -0.05) is 12.1 Å². The molecule has 0 aliphatic heterocycles. The number of aromatic nitrogens is 2. The topological polar surface area (TPSA) is 74.2 Å². The van der Waals surface area contributed by atoms with E-state index in [0.29, 0.717) is 24.9 Å². The summed E-state index contributed by atoms with van der Waals surface area (Å²) >= 11 is 0. The second-order valence-corrected chi connectivity index (χ2v) is 4.40. The summed E-state index contributed by atoms with van der Waals surface area (Å²) in [4.78, 5) is 4.36. The van der Waals surface area contributed by atoms with Gasteiger partial charge in [-0.2, -0.15) is 4.98 Å². The molecule has 0 saturated heterocycles. The summed E-state index contributed by atoms with van der Waals surface area (Å²) in [7, 11) is 0. The molecule has 1 rings (SSSR count). The molecule has 1 atom stereocenters. The molecule has 0 radical (unpaired) electrons. The fraction of sp³-hybridized carbons (Fsp3) is 0.818. The van der Waals surface area contributed by atoms with Gasteiger partial charge in [0.25, 0.3) is 0 Å². The lowest BCUT2D eigenvalue weighted by molar-refractivity contribution is 0.0518. The van der Waals surface area contributed by atoms with E-state index in [4.69, 9.17) is 15.0 Å². The molecule has 1 aromatic rings. The van der Waals surface area contributed by atoms with Gasteiger partial charge in [-0.15, -0.1) is 0 Å². The van der Waals surface area contributed by atoms with Crippen molar-refractivity contribution in [3.05, 3.63) is 11.7 Å². The van der Waals surface area contributed by atoms with Gasteiger partial charge < -0.3 is 15.0 Å². The Morgan fingerprint density at radius 2 is 2.12 bits per heavy atom. The number of nitrogens with two attached hydrogens (primary N) is 1. The molecule has 2 N–H and O–H groups in total. The molecule has 1 aromatic heterocycles. The minimum Gasteiger partial charge on any atom is -0.370 e. The average Bonchev–Trinajstić information content (AvgIpc) is 2.75. The van der Waals surface area contributed by atoms with Crippen molar-refractivity contribution in [2.75, 3.05) is 13.2 Å². The SMILES string of the molecule is CCOC(CC)c1noc(C(C)(C)CN)n1. The van der Waals surface area contributed by atoms with Crippen molar-refractivity contribution >= 4 is 0 Å². The maximum Gasteiger partial charge on any atom is 0.233 e. The highest BCUT2D eigenvalue weighted by Gasteiger charge is 2.27. The van der Waals surface area contributed by atoms with Crippen LogP contribution in [0, 0.1) is 0 Å². The fourth-order valence-electron chi connectivity index (χ4n) is 1.30. The molecule has 0 bridgehead atoms. The van der Waals surface area contributed by atoms with Crippen LogP contribution in [-0.4, -0.2) is 23.3 Å². The molecule has 5 nitrogen and oxygen atoms in total. The van der Waals surface area contributed by atoms with Crippen LogP contribution in [0.25, 0.3) is 0 Å². The highest BCUT2D eigenvalue weighted by Crippen LogP contribution is 2.23. The van der Waals surface area contributed by atoms with E-state index in [1.54, 1.807) is 0 Å². The smallest absolute Gasteiger partial charge is 0.233 e. The summed E-state index contributed by atoms with van der Waals surface area (Å²) in [6.45, 7) is 9.05. The van der Waals surface area contributed by atoms with E-state index < -0.39 is 0 Å². The maximum absolute atomic E-state index is 5.66. The van der Waals surface area contributed by atoms with Gasteiger partial charge in [0.05, 0.1) is 5.41 Å². The van der Waals surface area contributed by atoms with E-state index >= 15 is 0 Å². The molecule has 0 aromatic carbocycles. The molecule has 0 saturated carbocycles. The van der Waals surface area contributed by atoms with Crippen LogP contribution in [0.15, 0.2) is 4.52 Å². The molecular formula is C11H21N3O2. The Morgan fingerprint density at radius 1 is 1.44 bits per heavy atom. The molecule has 0 aliphatic rings. The van der Waals surface area contributed by atoms with Crippen LogP contribution in [-0.2, 0) is 10.2 Å². The second kappa shape index (κ2) is 5.41. The van der Waals surface area contributed by atoms with Gasteiger partial charge in [0.15, 0.2) is 0 Å². The van der Waals surface area contributed by atoms with Crippen LogP contribution >= 0.6 is 0 Å². The van der Waals surface area contributed by atoms with Crippen LogP contribution in [0.5, 0.6) is 0 Å². The van der Waals surface area contributed by atoms with Gasteiger partial charge in [0, 0.05) is 13.2 Å². The van der Waals surface area contributed by atoms with Gasteiger partial charge in [-0.25, -0.2) is 0 Å². The van der Waals surface area contributed by atoms with E-state index in [0.717, 1.165) is 6.42 Å². The first kappa shape index (κ1) is 13.1. The number of hydrogen-bond acceptors (Lipinski definition) is 5. The quantitative estimate of drug-likeness (QED) is 0.802. The van der Waals surface area contributed by atoms with Crippen molar-refractivity contribution in [2.45, 2.75) is 45.6 Å². The Morgan fingerprint density at radius 3 is 2.62 bits per heavy atom. The number of hydrogen-bond donors (Lipinski definition) is 1. The molecule has 1 heterocycles. The summed E-state index contributed by atoms with van der Waals surface area (Å²) < 4.78 is 10.7. The first-order valence-electron chi connectivity index (χ1n) is 5.70. The van der Waals surface area contributed by atoms with Crippen molar-refractivity contribution in [1.82, 2.24) is 10.1 Å². The molecule has 16 heavy (non-hydrogen) atoms. The molecule has 1 unspecified atom stereocenters. The zero-order valence-corrected chi connectivity index (χ0v) is 10.5. The van der Waals surface area contributed by atoms with E-state index in [2.05, 4.69) is 10.1 Å². The lowest BCUT2D eigenvalue weighted by atomic mass is 9.94. The standard InChI is InChI=1S/C11H21N3O2/c1-5-8(15-6-2)9-13-10(16-14-9)11(3,4)7-12/h8H,5-7,12H2,1-4H3. The summed E-state index contributed by atoms with van der Waals surface area (Å²) in [5.74, 6) is 1.18.